The van der Waals surface area contributed by atoms with Gasteiger partial charge in [-0.05, 0) is 42.5 Å². The predicted molar refractivity (Wildman–Crippen MR) is 112 cm³/mol. The summed E-state index contributed by atoms with van der Waals surface area (Å²) in [6.45, 7) is 2.45. The quantitative estimate of drug-likeness (QED) is 0.784. The van der Waals surface area contributed by atoms with E-state index in [0.29, 0.717) is 6.54 Å². The number of amides is 1. The molecule has 0 heterocycles. The van der Waals surface area contributed by atoms with Crippen LogP contribution in [0.4, 0.5) is 0 Å². The first-order valence-corrected chi connectivity index (χ1v) is 9.31. The zero-order chi connectivity index (χ0) is 18.6. The minimum atomic E-state index is -0.475. The van der Waals surface area contributed by atoms with Gasteiger partial charge >= 0.3 is 0 Å². The van der Waals surface area contributed by atoms with Gasteiger partial charge in [0.2, 0.25) is 5.91 Å². The third-order valence-corrected chi connectivity index (χ3v) is 5.56. The van der Waals surface area contributed by atoms with Crippen molar-refractivity contribution in [3.63, 3.8) is 0 Å². The molecule has 2 aromatic carbocycles. The Balaban J connectivity index is 0.00000261. The molecule has 0 radical (unpaired) electrons. The Morgan fingerprint density at radius 3 is 2.48 bits per heavy atom. The van der Waals surface area contributed by atoms with Crippen molar-refractivity contribution >= 4 is 18.3 Å². The largest absolute Gasteiger partial charge is 0.496 e. The average Bonchev–Trinajstić information content (AvgIpc) is 3.18. The highest BCUT2D eigenvalue weighted by atomic mass is 35.5. The fraction of sp³-hybridized carbons (Fsp3) is 0.409. The molecular formula is C22H29ClN2O2. The normalized spacial score (nSPS) is 16.3. The van der Waals surface area contributed by atoms with Crippen LogP contribution in [0.3, 0.4) is 0 Å². The van der Waals surface area contributed by atoms with Gasteiger partial charge in [0.05, 0.1) is 12.5 Å². The maximum absolute atomic E-state index is 13.2. The van der Waals surface area contributed by atoms with Crippen LogP contribution in [-0.4, -0.2) is 19.6 Å². The molecule has 3 rings (SSSR count). The van der Waals surface area contributed by atoms with Gasteiger partial charge in [0, 0.05) is 12.6 Å². The molecule has 0 aromatic heterocycles. The van der Waals surface area contributed by atoms with Gasteiger partial charge in [-0.15, -0.1) is 12.4 Å². The second kappa shape index (κ2) is 9.25. The number of hydrogen-bond donors (Lipinski definition) is 2. The summed E-state index contributed by atoms with van der Waals surface area (Å²) in [5.41, 5.74) is 8.94. The van der Waals surface area contributed by atoms with Crippen LogP contribution < -0.4 is 15.8 Å². The molecular weight excluding hydrogens is 360 g/mol. The summed E-state index contributed by atoms with van der Waals surface area (Å²) in [5.74, 6) is 0.912. The zero-order valence-electron chi connectivity index (χ0n) is 16.0. The molecule has 0 aliphatic heterocycles. The molecule has 27 heavy (non-hydrogen) atoms. The van der Waals surface area contributed by atoms with E-state index in [4.69, 9.17) is 10.5 Å². The van der Waals surface area contributed by atoms with Gasteiger partial charge in [0.15, 0.2) is 0 Å². The predicted octanol–water partition coefficient (Wildman–Crippen LogP) is 4.05. The molecule has 0 bridgehead atoms. The summed E-state index contributed by atoms with van der Waals surface area (Å²) >= 11 is 0. The van der Waals surface area contributed by atoms with Gasteiger partial charge < -0.3 is 15.8 Å². The Morgan fingerprint density at radius 2 is 1.85 bits per heavy atom. The summed E-state index contributed by atoms with van der Waals surface area (Å²) in [6.07, 6.45) is 3.86. The number of methoxy groups -OCH3 is 1. The maximum atomic E-state index is 13.2. The van der Waals surface area contributed by atoms with E-state index in [1.807, 2.05) is 49.4 Å². The smallest absolute Gasteiger partial charge is 0.230 e. The summed E-state index contributed by atoms with van der Waals surface area (Å²) in [4.78, 5) is 13.2. The van der Waals surface area contributed by atoms with Crippen molar-refractivity contribution in [2.24, 2.45) is 5.73 Å². The fourth-order valence-corrected chi connectivity index (χ4v) is 3.93. The van der Waals surface area contributed by atoms with Crippen molar-refractivity contribution in [2.45, 2.75) is 44.1 Å². The molecule has 1 aliphatic carbocycles. The van der Waals surface area contributed by atoms with Gasteiger partial charge in [-0.1, -0.05) is 55.3 Å². The molecule has 0 spiro atoms. The molecule has 2 aromatic rings. The number of benzene rings is 2. The molecule has 0 saturated heterocycles. The summed E-state index contributed by atoms with van der Waals surface area (Å²) in [5, 5.41) is 3.11. The van der Waals surface area contributed by atoms with Crippen molar-refractivity contribution in [2.75, 3.05) is 13.7 Å². The maximum Gasteiger partial charge on any atom is 0.230 e. The van der Waals surface area contributed by atoms with E-state index in [0.717, 1.165) is 48.1 Å². The van der Waals surface area contributed by atoms with Crippen molar-refractivity contribution in [3.05, 3.63) is 65.2 Å². The van der Waals surface area contributed by atoms with Gasteiger partial charge in [-0.25, -0.2) is 0 Å². The van der Waals surface area contributed by atoms with Crippen molar-refractivity contribution < 1.29 is 9.53 Å². The van der Waals surface area contributed by atoms with Crippen LogP contribution in [0.15, 0.2) is 48.5 Å². The van der Waals surface area contributed by atoms with Gasteiger partial charge in [0.1, 0.15) is 5.75 Å². The number of halogens is 1. The number of carbonyl (C=O) groups is 1. The van der Waals surface area contributed by atoms with Gasteiger partial charge in [-0.2, -0.15) is 0 Å². The van der Waals surface area contributed by atoms with E-state index in [9.17, 15) is 4.79 Å². The van der Waals surface area contributed by atoms with Gasteiger partial charge in [0.25, 0.3) is 0 Å². The van der Waals surface area contributed by atoms with E-state index in [-0.39, 0.29) is 24.4 Å². The molecule has 3 N–H and O–H groups in total. The third kappa shape index (κ3) is 4.45. The zero-order valence-corrected chi connectivity index (χ0v) is 16.9. The summed E-state index contributed by atoms with van der Waals surface area (Å²) in [6, 6.07) is 15.8. The van der Waals surface area contributed by atoms with E-state index in [2.05, 4.69) is 11.4 Å². The standard InChI is InChI=1S/C22H28N2O2.ClH/c1-16-10-11-18(14-20(16)26-2)22(12-6-7-13-22)21(25)24-15-19(23)17-8-4-3-5-9-17;/h3-5,8-11,14,19H,6-7,12-13,15,23H2,1-2H3,(H,24,25);1H. The lowest BCUT2D eigenvalue weighted by molar-refractivity contribution is -0.126. The van der Waals surface area contributed by atoms with Crippen LogP contribution >= 0.6 is 12.4 Å². The van der Waals surface area contributed by atoms with Crippen molar-refractivity contribution in [1.29, 1.82) is 0 Å². The van der Waals surface area contributed by atoms with E-state index in [1.165, 1.54) is 0 Å². The van der Waals surface area contributed by atoms with Gasteiger partial charge in [-0.3, -0.25) is 4.79 Å². The highest BCUT2D eigenvalue weighted by molar-refractivity contribution is 5.88. The van der Waals surface area contributed by atoms with Crippen LogP contribution in [0.1, 0.15) is 48.4 Å². The molecule has 1 unspecified atom stereocenters. The van der Waals surface area contributed by atoms with E-state index >= 15 is 0 Å². The highest BCUT2D eigenvalue weighted by Crippen LogP contribution is 2.42. The molecule has 146 valence electrons. The second-order valence-electron chi connectivity index (χ2n) is 7.20. The molecule has 1 fully saturated rings. The SMILES string of the molecule is COc1cc(C2(C(=O)NCC(N)c3ccccc3)CCCC2)ccc1C.Cl. The Labute approximate surface area is 167 Å². The molecule has 1 saturated carbocycles. The topological polar surface area (TPSA) is 64.3 Å². The minimum absolute atomic E-state index is 0. The highest BCUT2D eigenvalue weighted by Gasteiger charge is 2.42. The lowest BCUT2D eigenvalue weighted by Crippen LogP contribution is -2.44. The number of carbonyl (C=O) groups excluding carboxylic acids is 1. The van der Waals surface area contributed by atoms with Crippen LogP contribution in [0.25, 0.3) is 0 Å². The first kappa shape index (κ1) is 21.3. The second-order valence-corrected chi connectivity index (χ2v) is 7.20. The lowest BCUT2D eigenvalue weighted by atomic mass is 9.77. The van der Waals surface area contributed by atoms with E-state index in [1.54, 1.807) is 7.11 Å². The number of nitrogens with two attached hydrogens (primary N) is 1. The Morgan fingerprint density at radius 1 is 1.19 bits per heavy atom. The number of nitrogens with one attached hydrogen (secondary N) is 1. The number of ether oxygens (including phenoxy) is 1. The Bertz CT molecular complexity index is 758. The van der Waals surface area contributed by atoms with Crippen LogP contribution in [0.5, 0.6) is 5.75 Å². The van der Waals surface area contributed by atoms with Crippen LogP contribution in [-0.2, 0) is 10.2 Å². The number of aryl methyl sites for hydroxylation is 1. The average molecular weight is 389 g/mol. The van der Waals surface area contributed by atoms with E-state index < -0.39 is 5.41 Å². The molecule has 1 aliphatic rings. The summed E-state index contributed by atoms with van der Waals surface area (Å²) < 4.78 is 5.47. The van der Waals surface area contributed by atoms with Crippen molar-refractivity contribution in [1.82, 2.24) is 5.32 Å². The van der Waals surface area contributed by atoms with Crippen molar-refractivity contribution in [3.8, 4) is 5.75 Å². The fourth-order valence-electron chi connectivity index (χ4n) is 3.93. The minimum Gasteiger partial charge on any atom is -0.496 e. The molecule has 1 amide bonds. The Kier molecular flexibility index (Phi) is 7.28. The lowest BCUT2D eigenvalue weighted by Gasteiger charge is -2.29. The van der Waals surface area contributed by atoms with Crippen LogP contribution in [0, 0.1) is 6.92 Å². The molecule has 4 nitrogen and oxygen atoms in total. The molecule has 1 atom stereocenters. The third-order valence-electron chi connectivity index (χ3n) is 5.56. The van der Waals surface area contributed by atoms with Crippen LogP contribution in [0.2, 0.25) is 0 Å². The Hall–Kier alpha value is -2.04. The number of hydrogen-bond acceptors (Lipinski definition) is 3. The first-order chi connectivity index (χ1) is 12.6. The summed E-state index contributed by atoms with van der Waals surface area (Å²) in [7, 11) is 1.67. The monoisotopic (exact) mass is 388 g/mol. The molecule has 5 heteroatoms. The number of rotatable bonds is 6. The first-order valence-electron chi connectivity index (χ1n) is 9.31.